The van der Waals surface area contributed by atoms with E-state index in [1.54, 1.807) is 12.1 Å². The lowest BCUT2D eigenvalue weighted by Crippen LogP contribution is -2.44. The van der Waals surface area contributed by atoms with Gasteiger partial charge in [-0.1, -0.05) is 24.6 Å². The summed E-state index contributed by atoms with van der Waals surface area (Å²) in [5.74, 6) is 0.205. The minimum absolute atomic E-state index is 0.0363. The van der Waals surface area contributed by atoms with Gasteiger partial charge >= 0.3 is 0 Å². The standard InChI is InChI=1S/C14H19NO2S2/c1-18-14(7-4-8-14)10-15-12-9-19(16,17)13-6-3-2-5-11(12)13/h2-3,5-6,12,15H,4,7-10H2,1H3. The summed E-state index contributed by atoms with van der Waals surface area (Å²) in [7, 11) is -3.09. The molecule has 19 heavy (non-hydrogen) atoms. The second kappa shape index (κ2) is 4.79. The zero-order valence-electron chi connectivity index (χ0n) is 11.1. The van der Waals surface area contributed by atoms with E-state index in [1.807, 2.05) is 23.9 Å². The van der Waals surface area contributed by atoms with E-state index in [1.165, 1.54) is 19.3 Å². The maximum absolute atomic E-state index is 12.1. The second-order valence-electron chi connectivity index (χ2n) is 5.49. The van der Waals surface area contributed by atoms with E-state index in [0.29, 0.717) is 9.64 Å². The monoisotopic (exact) mass is 297 g/mol. The van der Waals surface area contributed by atoms with Gasteiger partial charge < -0.3 is 5.32 Å². The number of hydrogen-bond acceptors (Lipinski definition) is 4. The molecule has 0 amide bonds. The van der Waals surface area contributed by atoms with Gasteiger partial charge in [0.2, 0.25) is 0 Å². The van der Waals surface area contributed by atoms with E-state index in [0.717, 1.165) is 12.1 Å². The summed E-state index contributed by atoms with van der Waals surface area (Å²) in [6, 6.07) is 7.34. The van der Waals surface area contributed by atoms with Crippen LogP contribution < -0.4 is 5.32 Å². The zero-order chi connectivity index (χ0) is 13.5. The fourth-order valence-electron chi connectivity index (χ4n) is 2.95. The Morgan fingerprint density at radius 1 is 1.37 bits per heavy atom. The molecule has 0 aromatic heterocycles. The highest BCUT2D eigenvalue weighted by Crippen LogP contribution is 2.43. The van der Waals surface area contributed by atoms with Gasteiger partial charge in [0.05, 0.1) is 10.6 Å². The number of benzene rings is 1. The predicted octanol–water partition coefficient (Wildman–Crippen LogP) is 2.39. The van der Waals surface area contributed by atoms with E-state index < -0.39 is 9.84 Å². The molecule has 1 unspecified atom stereocenters. The van der Waals surface area contributed by atoms with E-state index in [-0.39, 0.29) is 11.8 Å². The van der Waals surface area contributed by atoms with Crippen LogP contribution in [0.25, 0.3) is 0 Å². The molecule has 1 aliphatic carbocycles. The molecular weight excluding hydrogens is 278 g/mol. The van der Waals surface area contributed by atoms with Crippen LogP contribution >= 0.6 is 11.8 Å². The van der Waals surface area contributed by atoms with Crippen molar-refractivity contribution in [2.75, 3.05) is 18.6 Å². The molecule has 1 N–H and O–H groups in total. The molecule has 3 rings (SSSR count). The Morgan fingerprint density at radius 3 is 2.74 bits per heavy atom. The van der Waals surface area contributed by atoms with Crippen molar-refractivity contribution in [2.45, 2.75) is 34.9 Å². The molecule has 0 bridgehead atoms. The van der Waals surface area contributed by atoms with Crippen molar-refractivity contribution in [3.8, 4) is 0 Å². The summed E-state index contributed by atoms with van der Waals surface area (Å²) in [4.78, 5) is 0.513. The van der Waals surface area contributed by atoms with Gasteiger partial charge in [-0.3, -0.25) is 0 Å². The van der Waals surface area contributed by atoms with Gasteiger partial charge in [-0.2, -0.15) is 11.8 Å². The predicted molar refractivity (Wildman–Crippen MR) is 79.3 cm³/mol. The highest BCUT2D eigenvalue weighted by molar-refractivity contribution is 8.00. The number of hydrogen-bond donors (Lipinski definition) is 1. The Bertz CT molecular complexity index is 573. The van der Waals surface area contributed by atoms with Crippen LogP contribution in [-0.4, -0.2) is 31.7 Å². The molecule has 1 aromatic carbocycles. The summed E-state index contributed by atoms with van der Waals surface area (Å²) >= 11 is 1.91. The molecule has 2 aliphatic rings. The molecule has 0 saturated heterocycles. The second-order valence-corrected chi connectivity index (χ2v) is 8.77. The first-order chi connectivity index (χ1) is 9.06. The largest absolute Gasteiger partial charge is 0.308 e. The lowest BCUT2D eigenvalue weighted by molar-refractivity contribution is 0.335. The molecule has 1 heterocycles. The summed E-state index contributed by atoms with van der Waals surface area (Å²) in [6.07, 6.45) is 5.92. The molecule has 104 valence electrons. The van der Waals surface area contributed by atoms with Crippen LogP contribution in [0.1, 0.15) is 30.9 Å². The molecular formula is C14H19NO2S2. The SMILES string of the molecule is CSC1(CNC2CS(=O)(=O)c3ccccc32)CCC1. The summed E-state index contributed by atoms with van der Waals surface area (Å²) < 4.78 is 24.5. The maximum Gasteiger partial charge on any atom is 0.180 e. The van der Waals surface area contributed by atoms with Crippen LogP contribution in [0.2, 0.25) is 0 Å². The van der Waals surface area contributed by atoms with Crippen molar-refractivity contribution < 1.29 is 8.42 Å². The first kappa shape index (κ1) is 13.5. The van der Waals surface area contributed by atoms with E-state index in [4.69, 9.17) is 0 Å². The van der Waals surface area contributed by atoms with Crippen LogP contribution in [0.5, 0.6) is 0 Å². The summed E-state index contributed by atoms with van der Waals surface area (Å²) in [6.45, 7) is 0.905. The first-order valence-corrected chi connectivity index (χ1v) is 9.54. The summed E-state index contributed by atoms with van der Waals surface area (Å²) in [5, 5.41) is 3.49. The zero-order valence-corrected chi connectivity index (χ0v) is 12.7. The molecule has 1 aliphatic heterocycles. The highest BCUT2D eigenvalue weighted by Gasteiger charge is 2.39. The average Bonchev–Trinajstić information content (AvgIpc) is 2.61. The van der Waals surface area contributed by atoms with Crippen molar-refractivity contribution in [1.29, 1.82) is 0 Å². The fraction of sp³-hybridized carbons (Fsp3) is 0.571. The fourth-order valence-corrected chi connectivity index (χ4v) is 5.65. The third-order valence-corrected chi connectivity index (χ3v) is 7.62. The highest BCUT2D eigenvalue weighted by atomic mass is 32.2. The molecule has 1 saturated carbocycles. The number of fused-ring (bicyclic) bond motifs is 1. The minimum Gasteiger partial charge on any atom is -0.308 e. The molecule has 3 nitrogen and oxygen atoms in total. The maximum atomic E-state index is 12.1. The number of sulfone groups is 1. The van der Waals surface area contributed by atoms with E-state index >= 15 is 0 Å². The summed E-state index contributed by atoms with van der Waals surface area (Å²) in [5.41, 5.74) is 0.943. The molecule has 0 radical (unpaired) electrons. The lowest BCUT2D eigenvalue weighted by Gasteiger charge is -2.41. The van der Waals surface area contributed by atoms with Crippen LogP contribution in [-0.2, 0) is 9.84 Å². The van der Waals surface area contributed by atoms with Crippen LogP contribution in [0.15, 0.2) is 29.2 Å². The molecule has 1 aromatic rings. The van der Waals surface area contributed by atoms with E-state index in [9.17, 15) is 8.42 Å². The van der Waals surface area contributed by atoms with Gasteiger partial charge in [0.25, 0.3) is 0 Å². The van der Waals surface area contributed by atoms with Gasteiger partial charge in [0.15, 0.2) is 9.84 Å². The normalized spacial score (nSPS) is 26.7. The topological polar surface area (TPSA) is 46.2 Å². The lowest BCUT2D eigenvalue weighted by atomic mass is 9.84. The number of thioether (sulfide) groups is 1. The molecule has 1 atom stereocenters. The van der Waals surface area contributed by atoms with Gasteiger partial charge in [-0.25, -0.2) is 8.42 Å². The minimum atomic E-state index is -3.09. The Hall–Kier alpha value is -0.520. The Morgan fingerprint density at radius 2 is 2.11 bits per heavy atom. The smallest absolute Gasteiger partial charge is 0.180 e. The third kappa shape index (κ3) is 2.32. The quantitative estimate of drug-likeness (QED) is 0.927. The van der Waals surface area contributed by atoms with Crippen molar-refractivity contribution in [3.05, 3.63) is 29.8 Å². The molecule has 0 spiro atoms. The Kier molecular flexibility index (Phi) is 3.39. The van der Waals surface area contributed by atoms with Gasteiger partial charge in [0, 0.05) is 17.3 Å². The van der Waals surface area contributed by atoms with Gasteiger partial charge in [0.1, 0.15) is 0 Å². The third-order valence-electron chi connectivity index (χ3n) is 4.38. The molecule has 1 fully saturated rings. The number of rotatable bonds is 4. The number of nitrogens with one attached hydrogen (secondary N) is 1. The van der Waals surface area contributed by atoms with Crippen LogP contribution in [0, 0.1) is 0 Å². The van der Waals surface area contributed by atoms with Crippen molar-refractivity contribution in [3.63, 3.8) is 0 Å². The Balaban J connectivity index is 1.77. The van der Waals surface area contributed by atoms with Gasteiger partial charge in [-0.05, 0) is 30.7 Å². The Labute approximate surface area is 119 Å². The average molecular weight is 297 g/mol. The van der Waals surface area contributed by atoms with Crippen LogP contribution in [0.3, 0.4) is 0 Å². The van der Waals surface area contributed by atoms with Crippen molar-refractivity contribution in [2.24, 2.45) is 0 Å². The first-order valence-electron chi connectivity index (χ1n) is 6.67. The van der Waals surface area contributed by atoms with E-state index in [2.05, 4.69) is 11.6 Å². The molecule has 5 heteroatoms. The van der Waals surface area contributed by atoms with Crippen LogP contribution in [0.4, 0.5) is 0 Å². The van der Waals surface area contributed by atoms with Crippen molar-refractivity contribution >= 4 is 21.6 Å². The van der Waals surface area contributed by atoms with Crippen molar-refractivity contribution in [1.82, 2.24) is 5.32 Å². The van der Waals surface area contributed by atoms with Gasteiger partial charge in [-0.15, -0.1) is 0 Å².